The van der Waals surface area contributed by atoms with Gasteiger partial charge in [0.25, 0.3) is 0 Å². The smallest absolute Gasteiger partial charge is 0.0701 e. The van der Waals surface area contributed by atoms with Crippen molar-refractivity contribution in [1.82, 2.24) is 0 Å². The maximum absolute atomic E-state index is 5.71. The highest BCUT2D eigenvalue weighted by atomic mass is 16.6. The molecule has 0 unspecified atom stereocenters. The SMILES string of the molecule is C1CO1.CCCCCCCCCCCCOCCCCCCCC. The molecule has 0 spiro atoms. The van der Waals surface area contributed by atoms with Gasteiger partial charge in [-0.15, -0.1) is 0 Å². The Bertz CT molecular complexity index is 183. The standard InChI is InChI=1S/C20H42O.C2H4O/c1-3-5-7-9-11-12-13-14-16-18-20-21-19-17-15-10-8-6-4-2;1-2-3-1/h3-20H2,1-2H3;1-2H2. The summed E-state index contributed by atoms with van der Waals surface area (Å²) in [6.07, 6.45) is 22.2. The van der Waals surface area contributed by atoms with E-state index in [2.05, 4.69) is 18.6 Å². The van der Waals surface area contributed by atoms with Crippen LogP contribution in [-0.4, -0.2) is 26.4 Å². The van der Waals surface area contributed by atoms with Gasteiger partial charge in [0.15, 0.2) is 0 Å². The lowest BCUT2D eigenvalue weighted by atomic mass is 10.1. The Morgan fingerprint density at radius 3 is 1.08 bits per heavy atom. The Balaban J connectivity index is 0.00000157. The fraction of sp³-hybridized carbons (Fsp3) is 1.00. The summed E-state index contributed by atoms with van der Waals surface area (Å²) in [6, 6.07) is 0. The minimum Gasteiger partial charge on any atom is -0.381 e. The molecule has 0 atom stereocenters. The van der Waals surface area contributed by atoms with Crippen molar-refractivity contribution in [3.8, 4) is 0 Å². The Labute approximate surface area is 153 Å². The van der Waals surface area contributed by atoms with Crippen molar-refractivity contribution >= 4 is 0 Å². The van der Waals surface area contributed by atoms with Crippen LogP contribution in [0.1, 0.15) is 117 Å². The number of unbranched alkanes of at least 4 members (excludes halogenated alkanes) is 14. The van der Waals surface area contributed by atoms with Gasteiger partial charge in [-0.25, -0.2) is 0 Å². The van der Waals surface area contributed by atoms with E-state index in [1.54, 1.807) is 0 Å². The summed E-state index contributed by atoms with van der Waals surface area (Å²) >= 11 is 0. The molecule has 0 bridgehead atoms. The minimum absolute atomic E-state index is 0.990. The Morgan fingerprint density at radius 1 is 0.500 bits per heavy atom. The van der Waals surface area contributed by atoms with Crippen LogP contribution in [0.5, 0.6) is 0 Å². The zero-order chi connectivity index (χ0) is 17.6. The molecule has 1 fully saturated rings. The van der Waals surface area contributed by atoms with Crippen LogP contribution in [0.15, 0.2) is 0 Å². The first-order chi connectivity index (χ1) is 11.9. The van der Waals surface area contributed by atoms with Crippen LogP contribution >= 0.6 is 0 Å². The van der Waals surface area contributed by atoms with Crippen LogP contribution in [0.2, 0.25) is 0 Å². The van der Waals surface area contributed by atoms with Gasteiger partial charge in [-0.3, -0.25) is 0 Å². The summed E-state index contributed by atoms with van der Waals surface area (Å²) in [4.78, 5) is 0. The molecule has 1 aliphatic heterocycles. The van der Waals surface area contributed by atoms with Gasteiger partial charge >= 0.3 is 0 Å². The second-order valence-corrected chi connectivity index (χ2v) is 7.17. The lowest BCUT2D eigenvalue weighted by Crippen LogP contribution is -1.97. The summed E-state index contributed by atoms with van der Waals surface area (Å²) < 4.78 is 10.2. The topological polar surface area (TPSA) is 21.8 Å². The van der Waals surface area contributed by atoms with Crippen molar-refractivity contribution in [1.29, 1.82) is 0 Å². The number of ether oxygens (including phenoxy) is 2. The van der Waals surface area contributed by atoms with Gasteiger partial charge in [0.05, 0.1) is 13.2 Å². The normalized spacial score (nSPS) is 12.8. The van der Waals surface area contributed by atoms with Crippen LogP contribution in [0.25, 0.3) is 0 Å². The highest BCUT2D eigenvalue weighted by molar-refractivity contribution is 4.48. The van der Waals surface area contributed by atoms with Crippen LogP contribution < -0.4 is 0 Å². The molecular formula is C22H46O2. The highest BCUT2D eigenvalue weighted by Gasteiger charge is 1.94. The van der Waals surface area contributed by atoms with Gasteiger partial charge in [-0.1, -0.05) is 104 Å². The molecular weight excluding hydrogens is 296 g/mol. The van der Waals surface area contributed by atoms with E-state index in [1.165, 1.54) is 103 Å². The van der Waals surface area contributed by atoms with E-state index in [1.807, 2.05) is 0 Å². The lowest BCUT2D eigenvalue weighted by molar-refractivity contribution is 0.125. The van der Waals surface area contributed by atoms with Crippen molar-refractivity contribution in [3.05, 3.63) is 0 Å². The molecule has 0 saturated carbocycles. The van der Waals surface area contributed by atoms with Gasteiger partial charge in [0.1, 0.15) is 0 Å². The molecule has 0 amide bonds. The largest absolute Gasteiger partial charge is 0.381 e. The van der Waals surface area contributed by atoms with Gasteiger partial charge in [-0.2, -0.15) is 0 Å². The van der Waals surface area contributed by atoms with Crippen LogP contribution in [0, 0.1) is 0 Å². The number of epoxide rings is 1. The van der Waals surface area contributed by atoms with Gasteiger partial charge in [0, 0.05) is 13.2 Å². The van der Waals surface area contributed by atoms with Gasteiger partial charge in [0.2, 0.25) is 0 Å². The summed E-state index contributed by atoms with van der Waals surface area (Å²) in [7, 11) is 0. The van der Waals surface area contributed by atoms with Crippen molar-refractivity contribution in [3.63, 3.8) is 0 Å². The van der Waals surface area contributed by atoms with E-state index in [4.69, 9.17) is 4.74 Å². The summed E-state index contributed by atoms with van der Waals surface area (Å²) in [5, 5.41) is 0. The molecule has 1 rings (SSSR count). The predicted octanol–water partition coefficient (Wildman–Crippen LogP) is 7.30. The van der Waals surface area contributed by atoms with Gasteiger partial charge < -0.3 is 9.47 Å². The molecule has 0 aromatic carbocycles. The Hall–Kier alpha value is -0.0800. The number of hydrogen-bond donors (Lipinski definition) is 0. The van der Waals surface area contributed by atoms with E-state index < -0.39 is 0 Å². The van der Waals surface area contributed by atoms with E-state index >= 15 is 0 Å². The lowest BCUT2D eigenvalue weighted by Gasteiger charge is -2.05. The minimum atomic E-state index is 0.990. The van der Waals surface area contributed by atoms with Crippen molar-refractivity contribution in [2.24, 2.45) is 0 Å². The molecule has 0 radical (unpaired) electrons. The Morgan fingerprint density at radius 2 is 0.792 bits per heavy atom. The zero-order valence-corrected chi connectivity index (χ0v) is 17.0. The number of hydrogen-bond acceptors (Lipinski definition) is 2. The summed E-state index contributed by atoms with van der Waals surface area (Å²) in [6.45, 7) is 8.54. The van der Waals surface area contributed by atoms with Crippen LogP contribution in [0.3, 0.4) is 0 Å². The molecule has 1 saturated heterocycles. The predicted molar refractivity (Wildman–Crippen MR) is 107 cm³/mol. The van der Waals surface area contributed by atoms with Crippen LogP contribution in [-0.2, 0) is 9.47 Å². The average Bonchev–Trinajstić information content (AvgIpc) is 3.47. The fourth-order valence-corrected chi connectivity index (χ4v) is 2.78. The maximum Gasteiger partial charge on any atom is 0.0701 e. The molecule has 24 heavy (non-hydrogen) atoms. The maximum atomic E-state index is 5.71. The monoisotopic (exact) mass is 342 g/mol. The molecule has 1 aliphatic rings. The quantitative estimate of drug-likeness (QED) is 0.192. The third-order valence-electron chi connectivity index (χ3n) is 4.49. The fourth-order valence-electron chi connectivity index (χ4n) is 2.78. The van der Waals surface area contributed by atoms with E-state index in [0.717, 1.165) is 26.4 Å². The van der Waals surface area contributed by atoms with Crippen molar-refractivity contribution in [2.45, 2.75) is 117 Å². The first-order valence-electron chi connectivity index (χ1n) is 11.1. The second kappa shape index (κ2) is 22.9. The first-order valence-corrected chi connectivity index (χ1v) is 11.1. The molecule has 1 heterocycles. The highest BCUT2D eigenvalue weighted by Crippen LogP contribution is 2.10. The molecule has 2 heteroatoms. The molecule has 0 aromatic rings. The van der Waals surface area contributed by atoms with Crippen molar-refractivity contribution < 1.29 is 9.47 Å². The first kappa shape index (κ1) is 23.9. The molecule has 0 aromatic heterocycles. The summed E-state index contributed by atoms with van der Waals surface area (Å²) in [5.74, 6) is 0. The average molecular weight is 343 g/mol. The second-order valence-electron chi connectivity index (χ2n) is 7.17. The third kappa shape index (κ3) is 26.8. The molecule has 146 valence electrons. The van der Waals surface area contributed by atoms with E-state index in [0.29, 0.717) is 0 Å². The number of rotatable bonds is 18. The third-order valence-corrected chi connectivity index (χ3v) is 4.49. The Kier molecular flexibility index (Phi) is 22.8. The molecule has 0 aliphatic carbocycles. The van der Waals surface area contributed by atoms with E-state index in [-0.39, 0.29) is 0 Å². The van der Waals surface area contributed by atoms with E-state index in [9.17, 15) is 0 Å². The van der Waals surface area contributed by atoms with Crippen LogP contribution in [0.4, 0.5) is 0 Å². The zero-order valence-electron chi connectivity index (χ0n) is 17.0. The molecule has 0 N–H and O–H groups in total. The van der Waals surface area contributed by atoms with Gasteiger partial charge in [-0.05, 0) is 12.8 Å². The summed E-state index contributed by atoms with van der Waals surface area (Å²) in [5.41, 5.74) is 0. The molecule has 2 nitrogen and oxygen atoms in total. The van der Waals surface area contributed by atoms with Crippen molar-refractivity contribution in [2.75, 3.05) is 26.4 Å².